The van der Waals surface area contributed by atoms with Gasteiger partial charge in [-0.2, -0.15) is 5.26 Å². The topological polar surface area (TPSA) is 23.8 Å². The predicted molar refractivity (Wildman–Crippen MR) is 75.3 cm³/mol. The maximum atomic E-state index is 8.83. The average molecular weight is 235 g/mol. The first-order valence-corrected chi connectivity index (χ1v) is 6.35. The van der Waals surface area contributed by atoms with Crippen molar-refractivity contribution >= 4 is 0 Å². The first-order valence-electron chi connectivity index (χ1n) is 6.35. The Morgan fingerprint density at radius 2 is 1.72 bits per heavy atom. The zero-order valence-corrected chi connectivity index (χ0v) is 10.9. The van der Waals surface area contributed by atoms with Crippen molar-refractivity contribution in [1.29, 1.82) is 5.26 Å². The Hall–Kier alpha value is -2.07. The summed E-state index contributed by atoms with van der Waals surface area (Å²) in [6.07, 6.45) is 1.13. The van der Waals surface area contributed by atoms with Crippen molar-refractivity contribution in [2.45, 2.75) is 26.2 Å². The number of hydrogen-bond acceptors (Lipinski definition) is 1. The van der Waals surface area contributed by atoms with E-state index in [1.54, 1.807) is 0 Å². The lowest BCUT2D eigenvalue weighted by molar-refractivity contribution is 0.735. The van der Waals surface area contributed by atoms with Crippen LogP contribution >= 0.6 is 0 Å². The van der Waals surface area contributed by atoms with Crippen molar-refractivity contribution in [3.63, 3.8) is 0 Å². The molecule has 1 atom stereocenters. The third-order valence-corrected chi connectivity index (χ3v) is 3.43. The molecule has 2 rings (SSSR count). The lowest BCUT2D eigenvalue weighted by Crippen LogP contribution is -1.94. The van der Waals surface area contributed by atoms with E-state index in [2.05, 4.69) is 44.2 Å². The average Bonchev–Trinajstić information content (AvgIpc) is 2.46. The molecule has 0 aromatic heterocycles. The monoisotopic (exact) mass is 235 g/mol. The van der Waals surface area contributed by atoms with Crippen LogP contribution in [0.4, 0.5) is 0 Å². The molecule has 0 aliphatic carbocycles. The second kappa shape index (κ2) is 5.51. The van der Waals surface area contributed by atoms with Gasteiger partial charge in [-0.15, -0.1) is 0 Å². The number of rotatable bonds is 3. The molecule has 90 valence electrons. The highest BCUT2D eigenvalue weighted by atomic mass is 14.2. The van der Waals surface area contributed by atoms with Crippen molar-refractivity contribution in [2.75, 3.05) is 0 Å². The summed E-state index contributed by atoms with van der Waals surface area (Å²) in [6.45, 7) is 4.46. The number of nitriles is 1. The van der Waals surface area contributed by atoms with Crippen molar-refractivity contribution in [3.8, 4) is 17.2 Å². The lowest BCUT2D eigenvalue weighted by atomic mass is 9.90. The number of nitrogens with zero attached hydrogens (tertiary/aromatic N) is 1. The van der Waals surface area contributed by atoms with Gasteiger partial charge in [0, 0.05) is 0 Å². The van der Waals surface area contributed by atoms with E-state index in [0.717, 1.165) is 6.42 Å². The summed E-state index contributed by atoms with van der Waals surface area (Å²) in [7, 11) is 0. The Morgan fingerprint density at radius 1 is 1.06 bits per heavy atom. The summed E-state index contributed by atoms with van der Waals surface area (Å²) >= 11 is 0. The molecule has 0 bridgehead atoms. The molecule has 2 aromatic rings. The minimum Gasteiger partial charge on any atom is -0.192 e. The molecule has 0 aliphatic rings. The summed E-state index contributed by atoms with van der Waals surface area (Å²) in [5.74, 6) is 0.553. The summed E-state index contributed by atoms with van der Waals surface area (Å²) in [5, 5.41) is 8.83. The number of benzene rings is 2. The third kappa shape index (κ3) is 2.43. The molecule has 1 nitrogen and oxygen atoms in total. The highest BCUT2D eigenvalue weighted by Gasteiger charge is 2.09. The highest BCUT2D eigenvalue weighted by Crippen LogP contribution is 2.30. The smallest absolute Gasteiger partial charge is 0.0991 e. The molecule has 0 radical (unpaired) electrons. The van der Waals surface area contributed by atoms with Crippen LogP contribution in [-0.4, -0.2) is 0 Å². The van der Waals surface area contributed by atoms with Gasteiger partial charge in [0.25, 0.3) is 0 Å². The standard InChI is InChI=1S/C17H17N/c1-3-13(2)16-6-4-5-7-17(16)15-10-8-14(12-18)9-11-15/h4-11,13H,3H2,1-2H3. The summed E-state index contributed by atoms with van der Waals surface area (Å²) in [4.78, 5) is 0. The molecule has 1 heteroatoms. The second-order valence-corrected chi connectivity index (χ2v) is 4.59. The highest BCUT2D eigenvalue weighted by molar-refractivity contribution is 5.68. The number of hydrogen-bond donors (Lipinski definition) is 0. The molecule has 0 fully saturated rings. The van der Waals surface area contributed by atoms with Gasteiger partial charge in [0.05, 0.1) is 11.6 Å². The van der Waals surface area contributed by atoms with E-state index in [-0.39, 0.29) is 0 Å². The maximum Gasteiger partial charge on any atom is 0.0991 e. The zero-order valence-electron chi connectivity index (χ0n) is 10.9. The largest absolute Gasteiger partial charge is 0.192 e. The van der Waals surface area contributed by atoms with Crippen molar-refractivity contribution < 1.29 is 0 Å². The summed E-state index contributed by atoms with van der Waals surface area (Å²) < 4.78 is 0. The Balaban J connectivity index is 2.47. The fourth-order valence-electron chi connectivity index (χ4n) is 2.13. The SMILES string of the molecule is CCC(C)c1ccccc1-c1ccc(C#N)cc1. The Kier molecular flexibility index (Phi) is 3.79. The first-order chi connectivity index (χ1) is 8.76. The van der Waals surface area contributed by atoms with Gasteiger partial charge in [-0.25, -0.2) is 0 Å². The first kappa shape index (κ1) is 12.4. The van der Waals surface area contributed by atoms with E-state index < -0.39 is 0 Å². The predicted octanol–water partition coefficient (Wildman–Crippen LogP) is 4.74. The van der Waals surface area contributed by atoms with E-state index in [9.17, 15) is 0 Å². The Morgan fingerprint density at radius 3 is 2.33 bits per heavy atom. The van der Waals surface area contributed by atoms with Crippen LogP contribution in [0.1, 0.15) is 37.3 Å². The molecule has 0 spiro atoms. The normalized spacial score (nSPS) is 11.8. The Bertz CT molecular complexity index is 561. The van der Waals surface area contributed by atoms with Gasteiger partial charge in [0.2, 0.25) is 0 Å². The second-order valence-electron chi connectivity index (χ2n) is 4.59. The molecule has 18 heavy (non-hydrogen) atoms. The van der Waals surface area contributed by atoms with E-state index in [4.69, 9.17) is 5.26 Å². The van der Waals surface area contributed by atoms with Crippen molar-refractivity contribution in [3.05, 3.63) is 59.7 Å². The molecule has 0 amide bonds. The maximum absolute atomic E-state index is 8.83. The van der Waals surface area contributed by atoms with Crippen molar-refractivity contribution in [2.24, 2.45) is 0 Å². The summed E-state index contributed by atoms with van der Waals surface area (Å²) in [5.41, 5.74) is 4.55. The van der Waals surface area contributed by atoms with Gasteiger partial charge < -0.3 is 0 Å². The fraction of sp³-hybridized carbons (Fsp3) is 0.235. The van der Waals surface area contributed by atoms with Gasteiger partial charge in [0.15, 0.2) is 0 Å². The van der Waals surface area contributed by atoms with Crippen LogP contribution in [-0.2, 0) is 0 Å². The van der Waals surface area contributed by atoms with Crippen LogP contribution in [0.15, 0.2) is 48.5 Å². The molecule has 0 N–H and O–H groups in total. The van der Waals surface area contributed by atoms with E-state index in [0.29, 0.717) is 11.5 Å². The van der Waals surface area contributed by atoms with Crippen LogP contribution in [0.2, 0.25) is 0 Å². The molecular weight excluding hydrogens is 218 g/mol. The quantitative estimate of drug-likeness (QED) is 0.753. The van der Waals surface area contributed by atoms with Gasteiger partial charge in [-0.05, 0) is 41.2 Å². The Labute approximate surface area is 109 Å². The van der Waals surface area contributed by atoms with Gasteiger partial charge in [0.1, 0.15) is 0 Å². The van der Waals surface area contributed by atoms with Gasteiger partial charge >= 0.3 is 0 Å². The molecule has 0 saturated heterocycles. The zero-order chi connectivity index (χ0) is 13.0. The van der Waals surface area contributed by atoms with Crippen LogP contribution in [0, 0.1) is 11.3 Å². The van der Waals surface area contributed by atoms with Crippen LogP contribution in [0.3, 0.4) is 0 Å². The molecule has 1 unspecified atom stereocenters. The molecule has 0 saturated carbocycles. The van der Waals surface area contributed by atoms with Crippen LogP contribution in [0.5, 0.6) is 0 Å². The molecule has 0 aliphatic heterocycles. The summed E-state index contributed by atoms with van der Waals surface area (Å²) in [6, 6.07) is 18.5. The fourth-order valence-corrected chi connectivity index (χ4v) is 2.13. The van der Waals surface area contributed by atoms with E-state index in [1.165, 1.54) is 16.7 Å². The lowest BCUT2D eigenvalue weighted by Gasteiger charge is -2.15. The third-order valence-electron chi connectivity index (χ3n) is 3.43. The van der Waals surface area contributed by atoms with E-state index >= 15 is 0 Å². The molecule has 2 aromatic carbocycles. The van der Waals surface area contributed by atoms with Crippen LogP contribution in [0.25, 0.3) is 11.1 Å². The minimum absolute atomic E-state index is 0.553. The van der Waals surface area contributed by atoms with Gasteiger partial charge in [-0.1, -0.05) is 50.2 Å². The van der Waals surface area contributed by atoms with Gasteiger partial charge in [-0.3, -0.25) is 0 Å². The minimum atomic E-state index is 0.553. The molecular formula is C17H17N. The van der Waals surface area contributed by atoms with Crippen LogP contribution < -0.4 is 0 Å². The van der Waals surface area contributed by atoms with E-state index in [1.807, 2.05) is 24.3 Å². The van der Waals surface area contributed by atoms with Crippen molar-refractivity contribution in [1.82, 2.24) is 0 Å². The molecule has 0 heterocycles.